The highest BCUT2D eigenvalue weighted by Gasteiger charge is 2.02. The number of hydrogen-bond acceptors (Lipinski definition) is 3. The van der Waals surface area contributed by atoms with Gasteiger partial charge in [0.1, 0.15) is 0 Å². The van der Waals surface area contributed by atoms with E-state index in [1.165, 1.54) is 5.56 Å². The molecule has 0 aliphatic heterocycles. The van der Waals surface area contributed by atoms with Crippen LogP contribution in [-0.2, 0) is 0 Å². The standard InChI is InChI=1S/C11H11N3S/c1-8-3-4-9-10(7-8)14-11(13-9)15-6-2-5-12/h3-4,7H,2,6H2,1H3,(H,13,14). The lowest BCUT2D eigenvalue weighted by molar-refractivity contribution is 1.07. The van der Waals surface area contributed by atoms with Crippen LogP contribution >= 0.6 is 11.8 Å². The van der Waals surface area contributed by atoms with Crippen LogP contribution in [0.2, 0.25) is 0 Å². The first-order valence-electron chi connectivity index (χ1n) is 4.76. The Labute approximate surface area is 92.5 Å². The molecule has 1 heterocycles. The van der Waals surface area contributed by atoms with E-state index in [0.29, 0.717) is 6.42 Å². The molecule has 0 atom stereocenters. The highest BCUT2D eigenvalue weighted by atomic mass is 32.2. The second-order valence-electron chi connectivity index (χ2n) is 3.32. The summed E-state index contributed by atoms with van der Waals surface area (Å²) >= 11 is 1.59. The van der Waals surface area contributed by atoms with Crippen molar-refractivity contribution in [2.75, 3.05) is 5.75 Å². The molecular formula is C11H11N3S. The van der Waals surface area contributed by atoms with E-state index in [2.05, 4.69) is 29.0 Å². The largest absolute Gasteiger partial charge is 0.333 e. The zero-order valence-corrected chi connectivity index (χ0v) is 9.27. The summed E-state index contributed by atoms with van der Waals surface area (Å²) in [4.78, 5) is 7.66. The number of H-pyrrole nitrogens is 1. The van der Waals surface area contributed by atoms with E-state index in [4.69, 9.17) is 5.26 Å². The number of nitrogens with one attached hydrogen (secondary N) is 1. The highest BCUT2D eigenvalue weighted by Crippen LogP contribution is 2.20. The Bertz CT molecular complexity index is 510. The van der Waals surface area contributed by atoms with Crippen LogP contribution in [-0.4, -0.2) is 15.7 Å². The summed E-state index contributed by atoms with van der Waals surface area (Å²) < 4.78 is 0. The van der Waals surface area contributed by atoms with Gasteiger partial charge in [0.05, 0.1) is 17.1 Å². The SMILES string of the molecule is Cc1ccc2nc(SCCC#N)[nH]c2c1. The monoisotopic (exact) mass is 217 g/mol. The molecule has 0 spiro atoms. The van der Waals surface area contributed by atoms with Gasteiger partial charge >= 0.3 is 0 Å². The van der Waals surface area contributed by atoms with Crippen molar-refractivity contribution in [2.24, 2.45) is 0 Å². The van der Waals surface area contributed by atoms with Gasteiger partial charge in [-0.2, -0.15) is 5.26 Å². The maximum Gasteiger partial charge on any atom is 0.166 e. The first-order chi connectivity index (χ1) is 7.29. The van der Waals surface area contributed by atoms with Crippen molar-refractivity contribution < 1.29 is 0 Å². The molecule has 0 saturated heterocycles. The molecule has 2 aromatic rings. The number of thioether (sulfide) groups is 1. The van der Waals surface area contributed by atoms with Crippen LogP contribution < -0.4 is 0 Å². The van der Waals surface area contributed by atoms with Gasteiger partial charge in [-0.3, -0.25) is 0 Å². The fraction of sp³-hybridized carbons (Fsp3) is 0.273. The van der Waals surface area contributed by atoms with E-state index in [0.717, 1.165) is 21.9 Å². The Morgan fingerprint density at radius 2 is 2.40 bits per heavy atom. The van der Waals surface area contributed by atoms with E-state index in [-0.39, 0.29) is 0 Å². The molecule has 0 aliphatic rings. The smallest absolute Gasteiger partial charge is 0.166 e. The first kappa shape index (κ1) is 10.1. The van der Waals surface area contributed by atoms with Crippen LogP contribution in [0.5, 0.6) is 0 Å². The Kier molecular flexibility index (Phi) is 2.93. The summed E-state index contributed by atoms with van der Waals surface area (Å²) in [6.45, 7) is 2.06. The van der Waals surface area contributed by atoms with Crippen molar-refractivity contribution in [1.82, 2.24) is 9.97 Å². The lowest BCUT2D eigenvalue weighted by Gasteiger charge is -1.90. The molecule has 15 heavy (non-hydrogen) atoms. The minimum absolute atomic E-state index is 0.556. The number of rotatable bonds is 3. The van der Waals surface area contributed by atoms with Gasteiger partial charge in [0.15, 0.2) is 5.16 Å². The minimum Gasteiger partial charge on any atom is -0.333 e. The molecule has 4 heteroatoms. The van der Waals surface area contributed by atoms with E-state index in [9.17, 15) is 0 Å². The lowest BCUT2D eigenvalue weighted by atomic mass is 10.2. The van der Waals surface area contributed by atoms with Gasteiger partial charge < -0.3 is 4.98 Å². The summed E-state index contributed by atoms with van der Waals surface area (Å²) in [6, 6.07) is 8.26. The van der Waals surface area contributed by atoms with Gasteiger partial charge in [-0.15, -0.1) is 0 Å². The topological polar surface area (TPSA) is 52.5 Å². The molecule has 2 rings (SSSR count). The summed E-state index contributed by atoms with van der Waals surface area (Å²) in [5.41, 5.74) is 3.27. The normalized spacial score (nSPS) is 10.4. The fourth-order valence-electron chi connectivity index (χ4n) is 1.36. The average Bonchev–Trinajstić information content (AvgIpc) is 2.60. The second-order valence-corrected chi connectivity index (χ2v) is 4.40. The quantitative estimate of drug-likeness (QED) is 0.635. The molecule has 0 unspecified atom stereocenters. The molecule has 0 fully saturated rings. The number of aromatic nitrogens is 2. The van der Waals surface area contributed by atoms with Gasteiger partial charge in [0, 0.05) is 12.2 Å². The number of aromatic amines is 1. The Morgan fingerprint density at radius 1 is 1.53 bits per heavy atom. The highest BCUT2D eigenvalue weighted by molar-refractivity contribution is 7.99. The van der Waals surface area contributed by atoms with Crippen molar-refractivity contribution >= 4 is 22.8 Å². The number of fused-ring (bicyclic) bond motifs is 1. The van der Waals surface area contributed by atoms with Gasteiger partial charge in [-0.25, -0.2) is 4.98 Å². The van der Waals surface area contributed by atoms with Crippen molar-refractivity contribution in [3.05, 3.63) is 23.8 Å². The predicted octanol–water partition coefficient (Wildman–Crippen LogP) is 2.88. The summed E-state index contributed by atoms with van der Waals surface area (Å²) in [7, 11) is 0. The number of nitriles is 1. The summed E-state index contributed by atoms with van der Waals surface area (Å²) in [5, 5.41) is 9.32. The third-order valence-corrected chi connectivity index (χ3v) is 2.94. The molecule has 3 nitrogen and oxygen atoms in total. The summed E-state index contributed by atoms with van der Waals surface area (Å²) in [5.74, 6) is 0.787. The Balaban J connectivity index is 2.20. The van der Waals surface area contributed by atoms with Crippen molar-refractivity contribution in [2.45, 2.75) is 18.5 Å². The third-order valence-electron chi connectivity index (χ3n) is 2.07. The van der Waals surface area contributed by atoms with E-state index in [1.54, 1.807) is 11.8 Å². The average molecular weight is 217 g/mol. The molecule has 0 radical (unpaired) electrons. The van der Waals surface area contributed by atoms with Gasteiger partial charge in [0.2, 0.25) is 0 Å². The van der Waals surface area contributed by atoms with Gasteiger partial charge in [0.25, 0.3) is 0 Å². The Morgan fingerprint density at radius 3 is 3.20 bits per heavy atom. The van der Waals surface area contributed by atoms with Crippen LogP contribution in [0.25, 0.3) is 11.0 Å². The number of benzene rings is 1. The number of imidazole rings is 1. The van der Waals surface area contributed by atoms with Crippen LogP contribution in [0, 0.1) is 18.3 Å². The van der Waals surface area contributed by atoms with Crippen LogP contribution in [0.3, 0.4) is 0 Å². The molecule has 1 N–H and O–H groups in total. The zero-order valence-electron chi connectivity index (χ0n) is 8.45. The summed E-state index contributed by atoms with van der Waals surface area (Å²) in [6.07, 6.45) is 0.556. The number of aryl methyl sites for hydroxylation is 1. The van der Waals surface area contributed by atoms with Crippen LogP contribution in [0.1, 0.15) is 12.0 Å². The molecule has 76 valence electrons. The minimum atomic E-state index is 0.556. The Hall–Kier alpha value is -1.47. The molecule has 1 aromatic heterocycles. The maximum atomic E-state index is 8.43. The van der Waals surface area contributed by atoms with E-state index in [1.807, 2.05) is 12.1 Å². The molecule has 0 bridgehead atoms. The van der Waals surface area contributed by atoms with E-state index >= 15 is 0 Å². The molecule has 0 saturated carbocycles. The first-order valence-corrected chi connectivity index (χ1v) is 5.74. The maximum absolute atomic E-state index is 8.43. The van der Waals surface area contributed by atoms with Crippen molar-refractivity contribution in [1.29, 1.82) is 5.26 Å². The van der Waals surface area contributed by atoms with Crippen molar-refractivity contribution in [3.63, 3.8) is 0 Å². The number of hydrogen-bond donors (Lipinski definition) is 1. The van der Waals surface area contributed by atoms with Crippen LogP contribution in [0.4, 0.5) is 0 Å². The lowest BCUT2D eigenvalue weighted by Crippen LogP contribution is -1.78. The van der Waals surface area contributed by atoms with Gasteiger partial charge in [-0.1, -0.05) is 17.8 Å². The van der Waals surface area contributed by atoms with Gasteiger partial charge in [-0.05, 0) is 24.6 Å². The third kappa shape index (κ3) is 2.31. The predicted molar refractivity (Wildman–Crippen MR) is 61.8 cm³/mol. The van der Waals surface area contributed by atoms with Crippen LogP contribution in [0.15, 0.2) is 23.4 Å². The second kappa shape index (κ2) is 4.37. The van der Waals surface area contributed by atoms with Crippen molar-refractivity contribution in [3.8, 4) is 6.07 Å². The molecule has 1 aromatic carbocycles. The van der Waals surface area contributed by atoms with E-state index < -0.39 is 0 Å². The molecular weight excluding hydrogens is 206 g/mol. The fourth-order valence-corrected chi connectivity index (χ4v) is 2.09. The molecule has 0 aliphatic carbocycles. The molecule has 0 amide bonds. The zero-order chi connectivity index (χ0) is 10.7. The number of nitrogens with zero attached hydrogens (tertiary/aromatic N) is 2.